The predicted molar refractivity (Wildman–Crippen MR) is 116 cm³/mol. The van der Waals surface area contributed by atoms with Crippen LogP contribution in [0.25, 0.3) is 5.69 Å². The number of piperidine rings is 1. The Morgan fingerprint density at radius 2 is 1.72 bits per heavy atom. The Kier molecular flexibility index (Phi) is 6.31. The van der Waals surface area contributed by atoms with Crippen molar-refractivity contribution in [2.45, 2.75) is 50.1 Å². The van der Waals surface area contributed by atoms with Crippen LogP contribution in [0, 0.1) is 12.7 Å². The van der Waals surface area contributed by atoms with Crippen LogP contribution in [0.4, 0.5) is 4.39 Å². The van der Waals surface area contributed by atoms with Crippen molar-refractivity contribution in [1.29, 1.82) is 0 Å². The van der Waals surface area contributed by atoms with Gasteiger partial charge in [-0.25, -0.2) is 4.39 Å². The van der Waals surface area contributed by atoms with Crippen molar-refractivity contribution in [2.24, 2.45) is 0 Å². The van der Waals surface area contributed by atoms with E-state index < -0.39 is 0 Å². The Labute approximate surface area is 176 Å². The van der Waals surface area contributed by atoms with Gasteiger partial charge in [0, 0.05) is 11.4 Å². The van der Waals surface area contributed by atoms with E-state index in [1.54, 1.807) is 11.8 Å². The van der Waals surface area contributed by atoms with Gasteiger partial charge in [-0.1, -0.05) is 42.4 Å². The largest absolute Gasteiger partial charge is 0.294 e. The molecule has 0 spiro atoms. The summed E-state index contributed by atoms with van der Waals surface area (Å²) in [6.07, 6.45) is 3.75. The summed E-state index contributed by atoms with van der Waals surface area (Å²) >= 11 is 1.68. The summed E-state index contributed by atoms with van der Waals surface area (Å²) in [6.45, 7) is 6.50. The molecule has 1 aromatic heterocycles. The number of rotatable bonds is 6. The van der Waals surface area contributed by atoms with Crippen LogP contribution in [0.2, 0.25) is 0 Å². The second-order valence-corrected chi connectivity index (χ2v) is 8.58. The molecule has 0 bridgehead atoms. The van der Waals surface area contributed by atoms with Crippen molar-refractivity contribution in [2.75, 3.05) is 13.1 Å². The Morgan fingerprint density at radius 3 is 2.45 bits per heavy atom. The van der Waals surface area contributed by atoms with Crippen molar-refractivity contribution < 1.29 is 4.39 Å². The molecule has 0 radical (unpaired) electrons. The van der Waals surface area contributed by atoms with Crippen molar-refractivity contribution in [1.82, 2.24) is 19.7 Å². The lowest BCUT2D eigenvalue weighted by atomic mass is 10.1. The molecule has 2 heterocycles. The van der Waals surface area contributed by atoms with Gasteiger partial charge in [0.2, 0.25) is 0 Å². The highest BCUT2D eigenvalue weighted by molar-refractivity contribution is 7.98. The monoisotopic (exact) mass is 410 g/mol. The number of thioether (sulfide) groups is 1. The second kappa shape index (κ2) is 9.09. The Balaban J connectivity index is 1.66. The molecule has 1 aliphatic heterocycles. The third-order valence-electron chi connectivity index (χ3n) is 5.67. The predicted octanol–water partition coefficient (Wildman–Crippen LogP) is 5.55. The molecule has 3 aromatic rings. The van der Waals surface area contributed by atoms with E-state index in [9.17, 15) is 4.39 Å². The van der Waals surface area contributed by atoms with Crippen LogP contribution in [0.1, 0.15) is 49.2 Å². The molecule has 4 rings (SSSR count). The number of benzene rings is 2. The molecular weight excluding hydrogens is 383 g/mol. The van der Waals surface area contributed by atoms with Crippen LogP contribution in [-0.4, -0.2) is 32.8 Å². The maximum atomic E-state index is 13.5. The molecule has 1 aliphatic rings. The summed E-state index contributed by atoms with van der Waals surface area (Å²) in [5.74, 6) is 1.51. The van der Waals surface area contributed by atoms with Crippen molar-refractivity contribution in [3.63, 3.8) is 0 Å². The van der Waals surface area contributed by atoms with E-state index in [4.69, 9.17) is 0 Å². The molecule has 1 atom stereocenters. The molecule has 29 heavy (non-hydrogen) atoms. The van der Waals surface area contributed by atoms with Gasteiger partial charge >= 0.3 is 0 Å². The summed E-state index contributed by atoms with van der Waals surface area (Å²) in [7, 11) is 0. The quantitative estimate of drug-likeness (QED) is 0.499. The summed E-state index contributed by atoms with van der Waals surface area (Å²) in [5, 5.41) is 9.96. The molecule has 1 fully saturated rings. The number of hydrogen-bond acceptors (Lipinski definition) is 4. The van der Waals surface area contributed by atoms with Gasteiger partial charge < -0.3 is 0 Å². The number of aromatic nitrogens is 3. The number of nitrogens with zero attached hydrogens (tertiary/aromatic N) is 4. The van der Waals surface area contributed by atoms with E-state index in [1.165, 1.54) is 42.5 Å². The van der Waals surface area contributed by atoms with E-state index in [2.05, 4.69) is 57.8 Å². The maximum absolute atomic E-state index is 13.5. The minimum Gasteiger partial charge on any atom is -0.294 e. The summed E-state index contributed by atoms with van der Waals surface area (Å²) < 4.78 is 15.6. The highest BCUT2D eigenvalue weighted by Crippen LogP contribution is 2.31. The van der Waals surface area contributed by atoms with Gasteiger partial charge in [-0.2, -0.15) is 0 Å². The molecule has 6 heteroatoms. The number of halogens is 1. The van der Waals surface area contributed by atoms with Crippen LogP contribution in [0.5, 0.6) is 0 Å². The molecule has 1 unspecified atom stereocenters. The van der Waals surface area contributed by atoms with Crippen LogP contribution in [0.15, 0.2) is 53.7 Å². The van der Waals surface area contributed by atoms with Gasteiger partial charge in [0.15, 0.2) is 11.0 Å². The molecule has 0 amide bonds. The van der Waals surface area contributed by atoms with Gasteiger partial charge in [-0.3, -0.25) is 9.47 Å². The standard InChI is InChI=1S/C23H27FN4S/c1-17-8-4-5-9-19(17)16-29-23-26-25-22(18(2)27-14-6-3-7-15-27)28(23)21-12-10-20(24)11-13-21/h4-5,8-13,18H,3,6-7,14-16H2,1-2H3. The highest BCUT2D eigenvalue weighted by Gasteiger charge is 2.25. The second-order valence-electron chi connectivity index (χ2n) is 7.64. The fourth-order valence-electron chi connectivity index (χ4n) is 3.86. The van der Waals surface area contributed by atoms with Crippen molar-refractivity contribution >= 4 is 11.8 Å². The van der Waals surface area contributed by atoms with E-state index in [-0.39, 0.29) is 11.9 Å². The van der Waals surface area contributed by atoms with Crippen LogP contribution >= 0.6 is 11.8 Å². The summed E-state index contributed by atoms with van der Waals surface area (Å²) in [5.41, 5.74) is 3.47. The topological polar surface area (TPSA) is 34.0 Å². The molecule has 1 saturated heterocycles. The average molecular weight is 411 g/mol. The zero-order valence-corrected chi connectivity index (χ0v) is 17.8. The zero-order chi connectivity index (χ0) is 20.2. The molecule has 4 nitrogen and oxygen atoms in total. The number of likely N-dealkylation sites (tertiary alicyclic amines) is 1. The SMILES string of the molecule is Cc1ccccc1CSc1nnc(C(C)N2CCCCC2)n1-c1ccc(F)cc1. The molecule has 0 aliphatic carbocycles. The molecule has 0 saturated carbocycles. The van der Waals surface area contributed by atoms with Crippen LogP contribution in [0.3, 0.4) is 0 Å². The summed E-state index contributed by atoms with van der Waals surface area (Å²) in [4.78, 5) is 2.48. The smallest absolute Gasteiger partial charge is 0.196 e. The Hall–Kier alpha value is -2.18. The first-order valence-corrected chi connectivity index (χ1v) is 11.2. The number of hydrogen-bond donors (Lipinski definition) is 0. The van der Waals surface area contributed by atoms with E-state index in [0.29, 0.717) is 0 Å². The lowest BCUT2D eigenvalue weighted by Gasteiger charge is -2.31. The minimum absolute atomic E-state index is 0.167. The van der Waals surface area contributed by atoms with E-state index >= 15 is 0 Å². The van der Waals surface area contributed by atoms with Crippen LogP contribution < -0.4 is 0 Å². The van der Waals surface area contributed by atoms with Gasteiger partial charge in [-0.05, 0) is 75.2 Å². The highest BCUT2D eigenvalue weighted by atomic mass is 32.2. The minimum atomic E-state index is -0.235. The third-order valence-corrected chi connectivity index (χ3v) is 6.65. The Morgan fingerprint density at radius 1 is 1.00 bits per heavy atom. The summed E-state index contributed by atoms with van der Waals surface area (Å²) in [6, 6.07) is 15.2. The third kappa shape index (κ3) is 4.54. The first kappa shape index (κ1) is 20.1. The lowest BCUT2D eigenvalue weighted by molar-refractivity contribution is 0.167. The molecule has 0 N–H and O–H groups in total. The van der Waals surface area contributed by atoms with E-state index in [0.717, 1.165) is 35.5 Å². The van der Waals surface area contributed by atoms with Gasteiger partial charge in [0.1, 0.15) is 5.82 Å². The first-order chi connectivity index (χ1) is 14.1. The van der Waals surface area contributed by atoms with Crippen molar-refractivity contribution in [3.05, 3.63) is 71.3 Å². The van der Waals surface area contributed by atoms with Crippen molar-refractivity contribution in [3.8, 4) is 5.69 Å². The molecule has 152 valence electrons. The fraction of sp³-hybridized carbons (Fsp3) is 0.391. The normalized spacial score (nSPS) is 16.1. The van der Waals surface area contributed by atoms with Gasteiger partial charge in [0.05, 0.1) is 6.04 Å². The zero-order valence-electron chi connectivity index (χ0n) is 17.0. The van der Waals surface area contributed by atoms with Crippen LogP contribution in [-0.2, 0) is 5.75 Å². The molecular formula is C23H27FN4S. The lowest BCUT2D eigenvalue weighted by Crippen LogP contribution is -2.33. The Bertz CT molecular complexity index is 948. The average Bonchev–Trinajstić information content (AvgIpc) is 3.18. The van der Waals surface area contributed by atoms with Gasteiger partial charge in [-0.15, -0.1) is 10.2 Å². The maximum Gasteiger partial charge on any atom is 0.196 e. The van der Waals surface area contributed by atoms with E-state index in [1.807, 2.05) is 12.1 Å². The van der Waals surface area contributed by atoms with Gasteiger partial charge in [0.25, 0.3) is 0 Å². The first-order valence-electron chi connectivity index (χ1n) is 10.3. The fourth-order valence-corrected chi connectivity index (χ4v) is 4.90. The molecule has 2 aromatic carbocycles. The number of aryl methyl sites for hydroxylation is 1.